The molecular weight excluding hydrogens is 463 g/mol. The van der Waals surface area contributed by atoms with Crippen molar-refractivity contribution in [1.82, 2.24) is 0 Å². The monoisotopic (exact) mass is 506 g/mol. The van der Waals surface area contributed by atoms with Crippen molar-refractivity contribution in [3.63, 3.8) is 0 Å². The number of unbranched alkanes of at least 4 members (excludes halogenated alkanes) is 14. The minimum absolute atomic E-state index is 0. The SMILES string of the molecule is CCCCCCCCCCCCCCCCCC(=O)O.O=C(O)CC(C(=O)O)S(=O)(=O)O.[NaH]. The van der Waals surface area contributed by atoms with Gasteiger partial charge in [-0.05, 0) is 6.42 Å². The van der Waals surface area contributed by atoms with Crippen LogP contribution in [-0.4, -0.2) is 81.0 Å². The molecule has 0 aliphatic rings. The third-order valence-electron chi connectivity index (χ3n) is 4.99. The van der Waals surface area contributed by atoms with Gasteiger partial charge in [0.2, 0.25) is 0 Å². The third-order valence-corrected chi connectivity index (χ3v) is 6.08. The molecule has 0 saturated carbocycles. The molecule has 0 fully saturated rings. The number of carboxylic acid groups (broad SMARTS) is 3. The van der Waals surface area contributed by atoms with E-state index >= 15 is 0 Å². The molecule has 0 saturated heterocycles. The first-order valence-corrected chi connectivity index (χ1v) is 13.1. The molecule has 0 radical (unpaired) electrons. The zero-order valence-electron chi connectivity index (χ0n) is 19.3. The third kappa shape index (κ3) is 29.3. The van der Waals surface area contributed by atoms with Gasteiger partial charge in [0.15, 0.2) is 5.25 Å². The van der Waals surface area contributed by atoms with E-state index in [9.17, 15) is 22.8 Å². The summed E-state index contributed by atoms with van der Waals surface area (Å²) < 4.78 is 28.7. The van der Waals surface area contributed by atoms with Crippen LogP contribution in [0.1, 0.15) is 116 Å². The van der Waals surface area contributed by atoms with E-state index in [1.807, 2.05) is 0 Å². The Bertz CT molecular complexity index is 609. The van der Waals surface area contributed by atoms with Crippen LogP contribution in [-0.2, 0) is 24.5 Å². The van der Waals surface area contributed by atoms with Crippen molar-refractivity contribution in [2.75, 3.05) is 0 Å². The average molecular weight is 507 g/mol. The molecule has 0 amide bonds. The molecule has 0 aliphatic heterocycles. The van der Waals surface area contributed by atoms with E-state index in [4.69, 9.17) is 19.9 Å². The first kappa shape index (κ1) is 36.9. The molecule has 0 aromatic carbocycles. The zero-order valence-corrected chi connectivity index (χ0v) is 20.2. The Hall–Kier alpha value is -0.680. The van der Waals surface area contributed by atoms with Crippen molar-refractivity contribution in [2.24, 2.45) is 0 Å². The Morgan fingerprint density at radius 1 is 0.636 bits per heavy atom. The maximum absolute atomic E-state index is 10.3. The number of aliphatic carboxylic acids is 3. The summed E-state index contributed by atoms with van der Waals surface area (Å²) in [6, 6.07) is 0. The van der Waals surface area contributed by atoms with E-state index in [1.54, 1.807) is 0 Å². The van der Waals surface area contributed by atoms with Crippen LogP contribution >= 0.6 is 0 Å². The first-order chi connectivity index (χ1) is 15.0. The summed E-state index contributed by atoms with van der Waals surface area (Å²) in [6.45, 7) is 2.27. The summed E-state index contributed by atoms with van der Waals surface area (Å²) in [5.74, 6) is -4.15. The van der Waals surface area contributed by atoms with Gasteiger partial charge in [-0.1, -0.05) is 96.8 Å². The molecule has 192 valence electrons. The predicted octanol–water partition coefficient (Wildman–Crippen LogP) is 4.49. The second-order valence-corrected chi connectivity index (χ2v) is 9.63. The van der Waals surface area contributed by atoms with Crippen molar-refractivity contribution in [3.05, 3.63) is 0 Å². The second-order valence-electron chi connectivity index (χ2n) is 8.03. The molecule has 9 nitrogen and oxygen atoms in total. The fourth-order valence-electron chi connectivity index (χ4n) is 3.13. The van der Waals surface area contributed by atoms with E-state index in [0.717, 1.165) is 12.8 Å². The fraction of sp³-hybridized carbons (Fsp3) is 0.864. The van der Waals surface area contributed by atoms with Gasteiger partial charge in [-0.15, -0.1) is 0 Å². The second kappa shape index (κ2) is 24.4. The van der Waals surface area contributed by atoms with Gasteiger partial charge in [0.05, 0.1) is 6.42 Å². The standard InChI is InChI=1S/C18H36O2.C4H6O7S.Na.H/c1-2-3-4-5-6-7-8-9-10-11-12-13-14-15-16-17-18(19)20;5-3(6)1-2(4(7)8)12(9,10)11;;/h2-17H2,1H3,(H,19,20);2H,1H2,(H,5,6)(H,7,8)(H,9,10,11);;. The van der Waals surface area contributed by atoms with E-state index in [-0.39, 0.29) is 29.6 Å². The summed E-state index contributed by atoms with van der Waals surface area (Å²) >= 11 is 0. The van der Waals surface area contributed by atoms with E-state index in [2.05, 4.69) is 6.92 Å². The molecular formula is C22H43NaO9S. The summed E-state index contributed by atoms with van der Waals surface area (Å²) in [6.07, 6.45) is 19.0. The minimum atomic E-state index is -4.84. The molecule has 0 rings (SSSR count). The van der Waals surface area contributed by atoms with Crippen LogP contribution in [0.3, 0.4) is 0 Å². The molecule has 0 aromatic heterocycles. The van der Waals surface area contributed by atoms with Crippen molar-refractivity contribution >= 4 is 57.6 Å². The average Bonchev–Trinajstić information content (AvgIpc) is 2.68. The Balaban J connectivity index is -0.000000596. The number of carbonyl (C=O) groups is 3. The Kier molecular flexibility index (Phi) is 27.3. The topological polar surface area (TPSA) is 166 Å². The summed E-state index contributed by atoms with van der Waals surface area (Å²) in [4.78, 5) is 30.3. The van der Waals surface area contributed by atoms with E-state index < -0.39 is 39.7 Å². The molecule has 0 heterocycles. The quantitative estimate of drug-likeness (QED) is 0.106. The van der Waals surface area contributed by atoms with Crippen molar-refractivity contribution in [3.8, 4) is 0 Å². The van der Waals surface area contributed by atoms with Crippen LogP contribution in [0.2, 0.25) is 0 Å². The Morgan fingerprint density at radius 2 is 0.970 bits per heavy atom. The summed E-state index contributed by atoms with van der Waals surface area (Å²) in [5.41, 5.74) is 0. The molecule has 1 unspecified atom stereocenters. The van der Waals surface area contributed by atoms with Crippen molar-refractivity contribution in [1.29, 1.82) is 0 Å². The van der Waals surface area contributed by atoms with E-state index in [0.29, 0.717) is 6.42 Å². The Morgan fingerprint density at radius 3 is 1.18 bits per heavy atom. The number of rotatable bonds is 20. The fourth-order valence-corrected chi connectivity index (χ4v) is 3.73. The van der Waals surface area contributed by atoms with Gasteiger partial charge in [-0.25, -0.2) is 0 Å². The zero-order chi connectivity index (χ0) is 24.8. The molecule has 0 bridgehead atoms. The van der Waals surface area contributed by atoms with Gasteiger partial charge < -0.3 is 15.3 Å². The van der Waals surface area contributed by atoms with Crippen LogP contribution in [0.5, 0.6) is 0 Å². The van der Waals surface area contributed by atoms with Gasteiger partial charge in [0.1, 0.15) is 0 Å². The summed E-state index contributed by atoms with van der Waals surface area (Å²) in [5, 5.41) is 22.4. The maximum atomic E-state index is 10.3. The summed E-state index contributed by atoms with van der Waals surface area (Å²) in [7, 11) is -4.84. The van der Waals surface area contributed by atoms with Gasteiger partial charge in [0.25, 0.3) is 10.1 Å². The molecule has 0 aromatic rings. The van der Waals surface area contributed by atoms with Crippen LogP contribution in [0.4, 0.5) is 0 Å². The molecule has 0 aliphatic carbocycles. The van der Waals surface area contributed by atoms with Crippen molar-refractivity contribution < 1.29 is 42.7 Å². The van der Waals surface area contributed by atoms with Crippen LogP contribution in [0, 0.1) is 0 Å². The molecule has 0 spiro atoms. The molecule has 11 heteroatoms. The number of hydrogen-bond donors (Lipinski definition) is 4. The number of carboxylic acids is 3. The van der Waals surface area contributed by atoms with Crippen LogP contribution in [0.15, 0.2) is 0 Å². The normalized spacial score (nSPS) is 11.6. The van der Waals surface area contributed by atoms with Crippen molar-refractivity contribution in [2.45, 2.75) is 121 Å². The van der Waals surface area contributed by atoms with Gasteiger partial charge in [-0.2, -0.15) is 8.42 Å². The Labute approximate surface area is 220 Å². The van der Waals surface area contributed by atoms with Gasteiger partial charge in [0, 0.05) is 6.42 Å². The molecule has 33 heavy (non-hydrogen) atoms. The molecule has 4 N–H and O–H groups in total. The predicted molar refractivity (Wildman–Crippen MR) is 130 cm³/mol. The van der Waals surface area contributed by atoms with Gasteiger partial charge in [-0.3, -0.25) is 18.9 Å². The van der Waals surface area contributed by atoms with Gasteiger partial charge >= 0.3 is 47.5 Å². The van der Waals surface area contributed by atoms with Crippen LogP contribution in [0.25, 0.3) is 0 Å². The molecule has 1 atom stereocenters. The first-order valence-electron chi connectivity index (χ1n) is 11.6. The van der Waals surface area contributed by atoms with E-state index in [1.165, 1.54) is 83.5 Å². The number of hydrogen-bond acceptors (Lipinski definition) is 5. The van der Waals surface area contributed by atoms with Crippen LogP contribution < -0.4 is 0 Å².